The second-order valence-corrected chi connectivity index (χ2v) is 3.06. The molecular weight excluding hydrogens is 201 g/mol. The van der Waals surface area contributed by atoms with E-state index in [0.717, 1.165) is 6.20 Å². The Morgan fingerprint density at radius 1 is 1.21 bits per heavy atom. The van der Waals surface area contributed by atoms with Gasteiger partial charge in [-0.25, -0.2) is 9.37 Å². The van der Waals surface area contributed by atoms with Gasteiger partial charge >= 0.3 is 0 Å². The largest absolute Gasteiger partial charge is 0.337 e. The van der Waals surface area contributed by atoms with Crippen LogP contribution < -0.4 is 0 Å². The van der Waals surface area contributed by atoms with Gasteiger partial charge in [0.1, 0.15) is 10.5 Å². The SMILES string of the molecule is Fc1cnccc1-c1cnc[nH]c1=S. The third kappa shape index (κ3) is 1.54. The van der Waals surface area contributed by atoms with Gasteiger partial charge in [-0.3, -0.25) is 4.98 Å². The molecule has 2 rings (SSSR count). The van der Waals surface area contributed by atoms with E-state index >= 15 is 0 Å². The van der Waals surface area contributed by atoms with Gasteiger partial charge in [-0.1, -0.05) is 12.2 Å². The van der Waals surface area contributed by atoms with Crippen molar-refractivity contribution in [2.45, 2.75) is 0 Å². The molecule has 0 amide bonds. The second kappa shape index (κ2) is 3.63. The van der Waals surface area contributed by atoms with Crippen LogP contribution in [0.3, 0.4) is 0 Å². The molecule has 5 heteroatoms. The minimum absolute atomic E-state index is 0.403. The maximum Gasteiger partial charge on any atom is 0.149 e. The fourth-order valence-corrected chi connectivity index (χ4v) is 1.34. The molecule has 0 fully saturated rings. The molecule has 0 aliphatic heterocycles. The number of pyridine rings is 1. The Labute approximate surface area is 84.7 Å². The van der Waals surface area contributed by atoms with Gasteiger partial charge in [0.05, 0.1) is 12.5 Å². The summed E-state index contributed by atoms with van der Waals surface area (Å²) >= 11 is 5.01. The Hall–Kier alpha value is -1.62. The van der Waals surface area contributed by atoms with E-state index in [1.54, 1.807) is 6.07 Å². The van der Waals surface area contributed by atoms with Crippen LogP contribution in [0.15, 0.2) is 31.0 Å². The monoisotopic (exact) mass is 207 g/mol. The summed E-state index contributed by atoms with van der Waals surface area (Å²) in [6.45, 7) is 0. The first kappa shape index (κ1) is 8.96. The van der Waals surface area contributed by atoms with E-state index in [1.165, 1.54) is 18.7 Å². The zero-order chi connectivity index (χ0) is 9.97. The highest BCUT2D eigenvalue weighted by atomic mass is 32.1. The maximum atomic E-state index is 13.3. The summed E-state index contributed by atoms with van der Waals surface area (Å²) in [5, 5.41) is 0. The van der Waals surface area contributed by atoms with Gasteiger partial charge in [-0.2, -0.15) is 0 Å². The number of nitrogens with one attached hydrogen (secondary N) is 1. The number of halogens is 1. The molecule has 0 spiro atoms. The molecular formula is C9H6FN3S. The molecule has 0 unspecified atom stereocenters. The summed E-state index contributed by atoms with van der Waals surface area (Å²) in [5.74, 6) is -0.403. The van der Waals surface area contributed by atoms with Gasteiger partial charge in [0, 0.05) is 23.5 Å². The molecule has 0 aliphatic rings. The summed E-state index contributed by atoms with van der Waals surface area (Å²) in [7, 11) is 0. The van der Waals surface area contributed by atoms with E-state index in [-0.39, 0.29) is 0 Å². The van der Waals surface area contributed by atoms with Crippen molar-refractivity contribution in [2.24, 2.45) is 0 Å². The quantitative estimate of drug-likeness (QED) is 0.730. The van der Waals surface area contributed by atoms with Gasteiger partial charge in [0.2, 0.25) is 0 Å². The first-order valence-corrected chi connectivity index (χ1v) is 4.32. The van der Waals surface area contributed by atoms with Gasteiger partial charge in [-0.05, 0) is 6.07 Å². The zero-order valence-electron chi connectivity index (χ0n) is 7.07. The average molecular weight is 207 g/mol. The van der Waals surface area contributed by atoms with Crippen molar-refractivity contribution in [2.75, 3.05) is 0 Å². The van der Waals surface area contributed by atoms with E-state index < -0.39 is 5.82 Å². The Morgan fingerprint density at radius 3 is 2.79 bits per heavy atom. The normalized spacial score (nSPS) is 10.1. The Morgan fingerprint density at radius 2 is 2.07 bits per heavy atom. The molecule has 0 bridgehead atoms. The lowest BCUT2D eigenvalue weighted by Crippen LogP contribution is -1.89. The third-order valence-electron chi connectivity index (χ3n) is 1.78. The summed E-state index contributed by atoms with van der Waals surface area (Å²) < 4.78 is 13.8. The third-order valence-corrected chi connectivity index (χ3v) is 2.12. The smallest absolute Gasteiger partial charge is 0.149 e. The Bertz CT molecular complexity index is 509. The molecule has 2 aromatic rings. The van der Waals surface area contributed by atoms with Gasteiger partial charge < -0.3 is 4.98 Å². The molecule has 2 aromatic heterocycles. The molecule has 70 valence electrons. The van der Waals surface area contributed by atoms with Crippen LogP contribution in [0.4, 0.5) is 4.39 Å². The molecule has 0 aromatic carbocycles. The van der Waals surface area contributed by atoms with Crippen molar-refractivity contribution in [1.29, 1.82) is 0 Å². The number of hydrogen-bond donors (Lipinski definition) is 1. The Balaban J connectivity index is 2.67. The molecule has 0 radical (unpaired) electrons. The van der Waals surface area contributed by atoms with Crippen molar-refractivity contribution >= 4 is 12.2 Å². The molecule has 0 saturated heterocycles. The zero-order valence-corrected chi connectivity index (χ0v) is 7.88. The highest BCUT2D eigenvalue weighted by Crippen LogP contribution is 2.20. The van der Waals surface area contributed by atoms with Crippen LogP contribution >= 0.6 is 12.2 Å². The van der Waals surface area contributed by atoms with Gasteiger partial charge in [-0.15, -0.1) is 0 Å². The lowest BCUT2D eigenvalue weighted by molar-refractivity contribution is 0.624. The highest BCUT2D eigenvalue weighted by Gasteiger charge is 2.05. The minimum Gasteiger partial charge on any atom is -0.337 e. The lowest BCUT2D eigenvalue weighted by atomic mass is 10.1. The van der Waals surface area contributed by atoms with E-state index in [4.69, 9.17) is 12.2 Å². The second-order valence-electron chi connectivity index (χ2n) is 2.65. The topological polar surface area (TPSA) is 41.6 Å². The minimum atomic E-state index is -0.403. The van der Waals surface area contributed by atoms with Crippen LogP contribution in [0.5, 0.6) is 0 Å². The number of rotatable bonds is 1. The van der Waals surface area contributed by atoms with Crippen LogP contribution in [0, 0.1) is 10.5 Å². The van der Waals surface area contributed by atoms with Crippen LogP contribution in [0.25, 0.3) is 11.1 Å². The average Bonchev–Trinajstić information content (AvgIpc) is 2.20. The van der Waals surface area contributed by atoms with E-state index in [1.807, 2.05) is 0 Å². The van der Waals surface area contributed by atoms with E-state index in [9.17, 15) is 4.39 Å². The molecule has 0 saturated carbocycles. The number of nitrogens with zero attached hydrogens (tertiary/aromatic N) is 2. The lowest BCUT2D eigenvalue weighted by Gasteiger charge is -2.00. The molecule has 0 atom stereocenters. The number of H-pyrrole nitrogens is 1. The van der Waals surface area contributed by atoms with Crippen molar-refractivity contribution in [3.8, 4) is 11.1 Å². The molecule has 2 heterocycles. The predicted molar refractivity (Wildman–Crippen MR) is 52.6 cm³/mol. The number of hydrogen-bond acceptors (Lipinski definition) is 3. The molecule has 1 N–H and O–H groups in total. The molecule has 14 heavy (non-hydrogen) atoms. The Kier molecular flexibility index (Phi) is 2.32. The van der Waals surface area contributed by atoms with Crippen molar-refractivity contribution < 1.29 is 4.39 Å². The fraction of sp³-hybridized carbons (Fsp3) is 0. The number of aromatic nitrogens is 3. The van der Waals surface area contributed by atoms with Crippen LogP contribution in [-0.2, 0) is 0 Å². The first-order chi connectivity index (χ1) is 6.79. The van der Waals surface area contributed by atoms with Crippen LogP contribution in [0.2, 0.25) is 0 Å². The first-order valence-electron chi connectivity index (χ1n) is 3.91. The molecule has 3 nitrogen and oxygen atoms in total. The van der Waals surface area contributed by atoms with Crippen LogP contribution in [0.1, 0.15) is 0 Å². The number of aromatic amines is 1. The summed E-state index contributed by atoms with van der Waals surface area (Å²) in [4.78, 5) is 10.3. The molecule has 0 aliphatic carbocycles. The van der Waals surface area contributed by atoms with Gasteiger partial charge in [0.25, 0.3) is 0 Å². The van der Waals surface area contributed by atoms with Crippen molar-refractivity contribution in [3.05, 3.63) is 41.4 Å². The van der Waals surface area contributed by atoms with Crippen molar-refractivity contribution in [1.82, 2.24) is 15.0 Å². The summed E-state index contributed by atoms with van der Waals surface area (Å²) in [5.41, 5.74) is 0.983. The van der Waals surface area contributed by atoms with Crippen molar-refractivity contribution in [3.63, 3.8) is 0 Å². The van der Waals surface area contributed by atoms with E-state index in [0.29, 0.717) is 15.8 Å². The van der Waals surface area contributed by atoms with E-state index in [2.05, 4.69) is 15.0 Å². The standard InChI is InChI=1S/C9H6FN3S/c10-8-4-11-2-1-6(8)7-3-12-5-13-9(7)14/h1-5H,(H,12,13,14). The summed E-state index contributed by atoms with van der Waals surface area (Å²) in [6.07, 6.45) is 5.65. The highest BCUT2D eigenvalue weighted by molar-refractivity contribution is 7.71. The summed E-state index contributed by atoms with van der Waals surface area (Å²) in [6, 6.07) is 1.57. The van der Waals surface area contributed by atoms with Gasteiger partial charge in [0.15, 0.2) is 0 Å². The predicted octanol–water partition coefficient (Wildman–Crippen LogP) is 2.34. The maximum absolute atomic E-state index is 13.3. The van der Waals surface area contributed by atoms with Crippen LogP contribution in [-0.4, -0.2) is 15.0 Å². The fourth-order valence-electron chi connectivity index (χ4n) is 1.13.